The highest BCUT2D eigenvalue weighted by atomic mass is 16.5. The molecule has 1 aliphatic heterocycles. The molecule has 0 atom stereocenters. The second kappa shape index (κ2) is 6.23. The van der Waals surface area contributed by atoms with E-state index in [2.05, 4.69) is 5.32 Å². The van der Waals surface area contributed by atoms with Crippen LogP contribution in [0, 0.1) is 11.8 Å². The number of nitrogens with zero attached hydrogens (tertiary/aromatic N) is 1. The number of morpholine rings is 1. The molecule has 1 fully saturated rings. The molecular weight excluding hydrogens is 196 g/mol. The van der Waals surface area contributed by atoms with Crippen molar-refractivity contribution in [3.05, 3.63) is 6.42 Å². The summed E-state index contributed by atoms with van der Waals surface area (Å²) in [4.78, 5) is 13.3. The quantitative estimate of drug-likeness (QED) is 0.315. The fourth-order valence-corrected chi connectivity index (χ4v) is 1.32. The minimum Gasteiger partial charge on any atom is -0.378 e. The number of rotatable bonds is 4. The van der Waals surface area contributed by atoms with Gasteiger partial charge in [0.1, 0.15) is 0 Å². The maximum absolute atomic E-state index is 11.5. The van der Waals surface area contributed by atoms with E-state index in [0.29, 0.717) is 39.3 Å². The molecule has 85 valence electrons. The van der Waals surface area contributed by atoms with Gasteiger partial charge in [-0.2, -0.15) is 0 Å². The molecule has 0 aromatic heterocycles. The lowest BCUT2D eigenvalue weighted by atomic mass is 10.2. The summed E-state index contributed by atoms with van der Waals surface area (Å²) in [7, 11) is 0. The Hall–Kier alpha value is -1.30. The highest BCUT2D eigenvalue weighted by Gasteiger charge is 2.15. The summed E-state index contributed by atoms with van der Waals surface area (Å²) < 4.78 is 5.14. The van der Waals surface area contributed by atoms with Crippen molar-refractivity contribution < 1.29 is 9.53 Å². The summed E-state index contributed by atoms with van der Waals surface area (Å²) in [5.41, 5.74) is 5.10. The van der Waals surface area contributed by atoms with Crippen molar-refractivity contribution in [3.8, 4) is 0 Å². The first-order valence-corrected chi connectivity index (χ1v) is 4.98. The molecule has 0 bridgehead atoms. The topological polar surface area (TPSA) is 91.4 Å². The molecule has 0 saturated carbocycles. The summed E-state index contributed by atoms with van der Waals surface area (Å²) in [6.07, 6.45) is 2.19. The molecule has 0 aromatic rings. The van der Waals surface area contributed by atoms with Crippen molar-refractivity contribution in [2.24, 2.45) is 5.73 Å². The second-order valence-corrected chi connectivity index (χ2v) is 3.27. The van der Waals surface area contributed by atoms with Gasteiger partial charge in [0.25, 0.3) is 0 Å². The fourth-order valence-electron chi connectivity index (χ4n) is 1.32. The minimum absolute atomic E-state index is 0.0312. The van der Waals surface area contributed by atoms with Crippen LogP contribution < -0.4 is 11.1 Å². The van der Waals surface area contributed by atoms with Gasteiger partial charge in [-0.15, -0.1) is 0 Å². The molecule has 1 radical (unpaired) electrons. The maximum Gasteiger partial charge on any atom is 0.226 e. The van der Waals surface area contributed by atoms with Crippen molar-refractivity contribution in [2.75, 3.05) is 32.8 Å². The van der Waals surface area contributed by atoms with E-state index in [0.717, 1.165) is 0 Å². The molecule has 4 N–H and O–H groups in total. The third-order valence-electron chi connectivity index (χ3n) is 2.10. The molecule has 6 nitrogen and oxygen atoms in total. The van der Waals surface area contributed by atoms with Crippen molar-refractivity contribution in [2.45, 2.75) is 6.42 Å². The lowest BCUT2D eigenvalue weighted by Gasteiger charge is -2.26. The lowest BCUT2D eigenvalue weighted by molar-refractivity contribution is -0.131. The SMILES string of the molecule is N=C(N)NCC[CH]C(=O)N1CCOCC1. The van der Waals surface area contributed by atoms with Crippen LogP contribution in [0.4, 0.5) is 0 Å². The van der Waals surface area contributed by atoms with Crippen molar-refractivity contribution >= 4 is 11.9 Å². The van der Waals surface area contributed by atoms with Crippen LogP contribution in [0.1, 0.15) is 6.42 Å². The first kappa shape index (κ1) is 11.8. The predicted octanol–water partition coefficient (Wildman–Crippen LogP) is -1.08. The largest absolute Gasteiger partial charge is 0.378 e. The molecule has 0 aromatic carbocycles. The van der Waals surface area contributed by atoms with Crippen LogP contribution in [0.2, 0.25) is 0 Å². The third-order valence-corrected chi connectivity index (χ3v) is 2.10. The van der Waals surface area contributed by atoms with Gasteiger partial charge in [-0.25, -0.2) is 0 Å². The van der Waals surface area contributed by atoms with Gasteiger partial charge in [0.2, 0.25) is 5.91 Å². The summed E-state index contributed by atoms with van der Waals surface area (Å²) in [6, 6.07) is 0. The van der Waals surface area contributed by atoms with Gasteiger partial charge in [0, 0.05) is 19.6 Å². The Labute approximate surface area is 89.3 Å². The molecular formula is C9H17N4O2. The Morgan fingerprint density at radius 2 is 2.20 bits per heavy atom. The molecule has 1 saturated heterocycles. The van der Waals surface area contributed by atoms with Gasteiger partial charge < -0.3 is 20.7 Å². The Morgan fingerprint density at radius 3 is 2.80 bits per heavy atom. The van der Waals surface area contributed by atoms with Crippen LogP contribution >= 0.6 is 0 Å². The number of hydrogen-bond acceptors (Lipinski definition) is 3. The van der Waals surface area contributed by atoms with Gasteiger partial charge in [-0.1, -0.05) is 0 Å². The van der Waals surface area contributed by atoms with Crippen LogP contribution in [-0.4, -0.2) is 49.6 Å². The summed E-state index contributed by atoms with van der Waals surface area (Å²) in [5, 5.41) is 9.55. The van der Waals surface area contributed by atoms with Gasteiger partial charge in [0.05, 0.1) is 19.6 Å². The standard InChI is InChI=1S/C9H17N4O2/c10-9(11)12-3-1-2-8(14)13-4-6-15-7-5-13/h2H,1,3-7H2,(H4,10,11,12). The summed E-state index contributed by atoms with van der Waals surface area (Å²) in [6.45, 7) is 3.08. The number of amides is 1. The van der Waals surface area contributed by atoms with E-state index in [1.807, 2.05) is 0 Å². The zero-order valence-electron chi connectivity index (χ0n) is 8.66. The Balaban J connectivity index is 2.09. The third kappa shape index (κ3) is 4.64. The van der Waals surface area contributed by atoms with Gasteiger partial charge in [-0.3, -0.25) is 10.2 Å². The number of nitrogens with one attached hydrogen (secondary N) is 2. The number of hydrogen-bond donors (Lipinski definition) is 3. The van der Waals surface area contributed by atoms with E-state index in [1.54, 1.807) is 11.3 Å². The monoisotopic (exact) mass is 213 g/mol. The van der Waals surface area contributed by atoms with Gasteiger partial charge in [0.15, 0.2) is 5.96 Å². The first-order chi connectivity index (χ1) is 7.20. The fraction of sp³-hybridized carbons (Fsp3) is 0.667. The molecule has 0 aliphatic carbocycles. The molecule has 15 heavy (non-hydrogen) atoms. The van der Waals surface area contributed by atoms with Crippen LogP contribution in [0.3, 0.4) is 0 Å². The maximum atomic E-state index is 11.5. The van der Waals surface area contributed by atoms with E-state index < -0.39 is 0 Å². The lowest BCUT2D eigenvalue weighted by Crippen LogP contribution is -2.41. The summed E-state index contributed by atoms with van der Waals surface area (Å²) >= 11 is 0. The summed E-state index contributed by atoms with van der Waals surface area (Å²) in [5.74, 6) is -0.0362. The van der Waals surface area contributed by atoms with Crippen molar-refractivity contribution in [1.82, 2.24) is 10.2 Å². The first-order valence-electron chi connectivity index (χ1n) is 4.98. The molecule has 0 unspecified atom stereocenters. The highest BCUT2D eigenvalue weighted by molar-refractivity contribution is 5.84. The highest BCUT2D eigenvalue weighted by Crippen LogP contribution is 2.00. The number of ether oxygens (including phenoxy) is 1. The van der Waals surface area contributed by atoms with Crippen LogP contribution in [0.25, 0.3) is 0 Å². The average molecular weight is 213 g/mol. The normalized spacial score (nSPS) is 16.1. The van der Waals surface area contributed by atoms with E-state index in [9.17, 15) is 4.79 Å². The Bertz CT molecular complexity index is 226. The van der Waals surface area contributed by atoms with E-state index in [4.69, 9.17) is 15.9 Å². The second-order valence-electron chi connectivity index (χ2n) is 3.27. The zero-order valence-corrected chi connectivity index (χ0v) is 8.66. The zero-order chi connectivity index (χ0) is 11.1. The van der Waals surface area contributed by atoms with Gasteiger partial charge >= 0.3 is 0 Å². The number of carbonyl (C=O) groups is 1. The van der Waals surface area contributed by atoms with E-state index in [1.165, 1.54) is 0 Å². The minimum atomic E-state index is -0.0674. The van der Waals surface area contributed by atoms with Crippen LogP contribution in [0.15, 0.2) is 0 Å². The van der Waals surface area contributed by atoms with Crippen LogP contribution in [-0.2, 0) is 9.53 Å². The molecule has 1 amide bonds. The van der Waals surface area contributed by atoms with Gasteiger partial charge in [-0.05, 0) is 6.42 Å². The number of guanidine groups is 1. The Morgan fingerprint density at radius 1 is 1.53 bits per heavy atom. The molecule has 6 heteroatoms. The molecule has 1 rings (SSSR count). The van der Waals surface area contributed by atoms with E-state index >= 15 is 0 Å². The average Bonchev–Trinajstić information content (AvgIpc) is 2.25. The molecule has 1 heterocycles. The number of carbonyl (C=O) groups excluding carboxylic acids is 1. The number of nitrogens with two attached hydrogens (primary N) is 1. The van der Waals surface area contributed by atoms with Crippen molar-refractivity contribution in [3.63, 3.8) is 0 Å². The molecule has 0 spiro atoms. The molecule has 1 aliphatic rings. The Kier molecular flexibility index (Phi) is 4.89. The van der Waals surface area contributed by atoms with Crippen molar-refractivity contribution in [1.29, 1.82) is 5.41 Å². The van der Waals surface area contributed by atoms with E-state index in [-0.39, 0.29) is 11.9 Å². The van der Waals surface area contributed by atoms with Crippen LogP contribution in [0.5, 0.6) is 0 Å². The smallest absolute Gasteiger partial charge is 0.226 e. The predicted molar refractivity (Wildman–Crippen MR) is 56.2 cm³/mol.